The number of carbonyl (C=O) groups is 2. The number of halogens is 2. The molecule has 2 spiro atoms. The van der Waals surface area contributed by atoms with Gasteiger partial charge < -0.3 is 15.0 Å². The van der Waals surface area contributed by atoms with Gasteiger partial charge in [-0.2, -0.15) is 9.97 Å². The standard InChI is InChI=1S/C31H37ClFN7O3/c1-38-16-21-24(14-31(38)10-7-20-22(31)5-2-6-23(20)32)34-28(43-18-29-8-3-12-40(29)15-19(33)13-29)35-25(21)39-11-4-9-30(17-39)26(41)36-27(42)37-30/h2,5-6,19H,3-4,7-18H2,1H3,(H2,36,37,41,42)/t19-,29+,30-,31+/m1/s1. The fourth-order valence-corrected chi connectivity index (χ4v) is 9.19. The average molecular weight is 610 g/mol. The largest absolute Gasteiger partial charge is 0.461 e. The molecule has 5 aliphatic heterocycles. The van der Waals surface area contributed by atoms with Crippen LogP contribution in [-0.2, 0) is 29.7 Å². The van der Waals surface area contributed by atoms with Crippen LogP contribution in [0.15, 0.2) is 18.2 Å². The third-order valence-corrected chi connectivity index (χ3v) is 11.4. The first-order valence-electron chi connectivity index (χ1n) is 15.5. The van der Waals surface area contributed by atoms with E-state index in [-0.39, 0.29) is 17.0 Å². The topological polar surface area (TPSA) is 103 Å². The first-order chi connectivity index (χ1) is 20.7. The van der Waals surface area contributed by atoms with Crippen molar-refractivity contribution in [2.24, 2.45) is 0 Å². The molecule has 0 bridgehead atoms. The Labute approximate surface area is 255 Å². The molecule has 10 nitrogen and oxygen atoms in total. The molecule has 4 fully saturated rings. The Morgan fingerprint density at radius 1 is 1.14 bits per heavy atom. The molecule has 12 heteroatoms. The van der Waals surface area contributed by atoms with Crippen LogP contribution < -0.4 is 20.3 Å². The van der Waals surface area contributed by atoms with Crippen LogP contribution in [0.2, 0.25) is 5.02 Å². The molecule has 43 heavy (non-hydrogen) atoms. The molecule has 228 valence electrons. The summed E-state index contributed by atoms with van der Waals surface area (Å²) in [6.45, 7) is 3.34. The summed E-state index contributed by atoms with van der Waals surface area (Å²) in [5, 5.41) is 6.12. The molecule has 6 aliphatic rings. The normalized spacial score (nSPS) is 33.6. The van der Waals surface area contributed by atoms with Crippen LogP contribution in [-0.4, -0.2) is 88.8 Å². The van der Waals surface area contributed by atoms with Crippen LogP contribution in [0.3, 0.4) is 0 Å². The lowest BCUT2D eigenvalue weighted by molar-refractivity contribution is -0.124. The number of hydrogen-bond acceptors (Lipinski definition) is 8. The zero-order valence-corrected chi connectivity index (χ0v) is 25.2. The number of alkyl halides is 1. The molecule has 0 radical (unpaired) electrons. The smallest absolute Gasteiger partial charge is 0.322 e. The predicted molar refractivity (Wildman–Crippen MR) is 158 cm³/mol. The molecule has 2 N–H and O–H groups in total. The number of piperidine rings is 1. The van der Waals surface area contributed by atoms with E-state index in [4.69, 9.17) is 26.3 Å². The van der Waals surface area contributed by atoms with Crippen molar-refractivity contribution in [2.75, 3.05) is 44.7 Å². The van der Waals surface area contributed by atoms with Crippen molar-refractivity contribution in [3.05, 3.63) is 45.6 Å². The van der Waals surface area contributed by atoms with Crippen molar-refractivity contribution in [3.63, 3.8) is 0 Å². The number of anilines is 1. The number of hydrogen-bond donors (Lipinski definition) is 2. The van der Waals surface area contributed by atoms with Gasteiger partial charge in [0.25, 0.3) is 5.91 Å². The zero-order chi connectivity index (χ0) is 29.6. The summed E-state index contributed by atoms with van der Waals surface area (Å²) < 4.78 is 20.9. The van der Waals surface area contributed by atoms with Crippen LogP contribution in [0.1, 0.15) is 60.9 Å². The van der Waals surface area contributed by atoms with Gasteiger partial charge in [0, 0.05) is 43.1 Å². The van der Waals surface area contributed by atoms with Gasteiger partial charge in [-0.15, -0.1) is 0 Å². The van der Waals surface area contributed by atoms with E-state index in [9.17, 15) is 14.0 Å². The summed E-state index contributed by atoms with van der Waals surface area (Å²) in [6.07, 6.45) is 5.39. The summed E-state index contributed by atoms with van der Waals surface area (Å²) in [5.74, 6) is 0.453. The van der Waals surface area contributed by atoms with Gasteiger partial charge in [0.05, 0.1) is 23.3 Å². The van der Waals surface area contributed by atoms with E-state index in [0.717, 1.165) is 60.7 Å². The van der Waals surface area contributed by atoms with E-state index in [2.05, 4.69) is 38.4 Å². The van der Waals surface area contributed by atoms with Gasteiger partial charge in [0.1, 0.15) is 24.1 Å². The molecule has 4 atom stereocenters. The maximum absolute atomic E-state index is 14.5. The maximum atomic E-state index is 14.5. The summed E-state index contributed by atoms with van der Waals surface area (Å²) in [4.78, 5) is 41.8. The number of amides is 3. The summed E-state index contributed by atoms with van der Waals surface area (Å²) in [6, 6.07) is 6.01. The quantitative estimate of drug-likeness (QED) is 0.510. The number of aromatic nitrogens is 2. The van der Waals surface area contributed by atoms with Gasteiger partial charge in [-0.05, 0) is 69.3 Å². The van der Waals surface area contributed by atoms with Crippen molar-refractivity contribution >= 4 is 29.4 Å². The lowest BCUT2D eigenvalue weighted by Gasteiger charge is -2.46. The number of carbonyl (C=O) groups excluding carboxylic acids is 2. The average Bonchev–Trinajstić information content (AvgIpc) is 3.69. The Morgan fingerprint density at radius 2 is 2.00 bits per heavy atom. The zero-order valence-electron chi connectivity index (χ0n) is 24.4. The first kappa shape index (κ1) is 27.5. The van der Waals surface area contributed by atoms with Crippen LogP contribution in [0.4, 0.5) is 15.0 Å². The molecule has 3 amide bonds. The van der Waals surface area contributed by atoms with E-state index < -0.39 is 17.7 Å². The number of likely N-dealkylation sites (N-methyl/N-ethyl adjacent to an activating group) is 1. The van der Waals surface area contributed by atoms with E-state index >= 15 is 0 Å². The Balaban J connectivity index is 1.18. The van der Waals surface area contributed by atoms with Crippen LogP contribution in [0.5, 0.6) is 6.01 Å². The minimum Gasteiger partial charge on any atom is -0.461 e. The molecule has 1 aromatic heterocycles. The molecule has 1 aliphatic carbocycles. The Kier molecular flexibility index (Phi) is 6.23. The highest BCUT2D eigenvalue weighted by Crippen LogP contribution is 2.50. The van der Waals surface area contributed by atoms with Crippen molar-refractivity contribution in [1.82, 2.24) is 30.4 Å². The van der Waals surface area contributed by atoms with Gasteiger partial charge in [-0.3, -0.25) is 19.9 Å². The molecule has 1 aromatic carbocycles. The van der Waals surface area contributed by atoms with E-state index in [0.29, 0.717) is 58.1 Å². The monoisotopic (exact) mass is 609 g/mol. The van der Waals surface area contributed by atoms with Gasteiger partial charge in [0.15, 0.2) is 0 Å². The number of nitrogens with zero attached hydrogens (tertiary/aromatic N) is 5. The molecule has 4 saturated heterocycles. The lowest BCUT2D eigenvalue weighted by atomic mass is 9.80. The number of ether oxygens (including phenoxy) is 1. The minimum atomic E-state index is -0.986. The molecular formula is C31H37ClFN7O3. The van der Waals surface area contributed by atoms with Crippen LogP contribution in [0, 0.1) is 0 Å². The number of fused-ring (bicyclic) bond motifs is 4. The predicted octanol–water partition coefficient (Wildman–Crippen LogP) is 3.09. The number of imide groups is 1. The summed E-state index contributed by atoms with van der Waals surface area (Å²) >= 11 is 6.65. The lowest BCUT2D eigenvalue weighted by Crippen LogP contribution is -2.59. The first-order valence-corrected chi connectivity index (χ1v) is 15.9. The van der Waals surface area contributed by atoms with Crippen LogP contribution >= 0.6 is 11.6 Å². The van der Waals surface area contributed by atoms with Crippen molar-refractivity contribution < 1.29 is 18.7 Å². The molecule has 0 unspecified atom stereocenters. The van der Waals surface area contributed by atoms with Crippen molar-refractivity contribution in [3.8, 4) is 6.01 Å². The molecule has 6 heterocycles. The highest BCUT2D eigenvalue weighted by atomic mass is 35.5. The van der Waals surface area contributed by atoms with E-state index in [1.165, 1.54) is 11.1 Å². The number of nitrogens with one attached hydrogen (secondary N) is 2. The highest BCUT2D eigenvalue weighted by Gasteiger charge is 2.52. The third-order valence-electron chi connectivity index (χ3n) is 11.1. The molecular weight excluding hydrogens is 573 g/mol. The summed E-state index contributed by atoms with van der Waals surface area (Å²) in [7, 11) is 2.15. The number of rotatable bonds is 4. The Bertz CT molecular complexity index is 1530. The minimum absolute atomic E-state index is 0.244. The third kappa shape index (κ3) is 4.18. The van der Waals surface area contributed by atoms with Crippen LogP contribution in [0.25, 0.3) is 0 Å². The van der Waals surface area contributed by atoms with Crippen molar-refractivity contribution in [1.29, 1.82) is 0 Å². The number of benzene rings is 1. The Morgan fingerprint density at radius 3 is 2.84 bits per heavy atom. The van der Waals surface area contributed by atoms with E-state index in [1.54, 1.807) is 0 Å². The summed E-state index contributed by atoms with van der Waals surface area (Å²) in [5.41, 5.74) is 2.85. The van der Waals surface area contributed by atoms with Gasteiger partial charge in [0.2, 0.25) is 0 Å². The second-order valence-corrected chi connectivity index (χ2v) is 13.9. The van der Waals surface area contributed by atoms with E-state index in [1.807, 2.05) is 12.1 Å². The fraction of sp³-hybridized carbons (Fsp3) is 0.613. The SMILES string of the molecule is CN1Cc2c(nc(OC[C@@]34CCCN3C[C@H](F)C4)nc2N2CCC[C@]3(C2)NC(=O)NC3=O)C[C@]12CCc1c(Cl)cccc12. The maximum Gasteiger partial charge on any atom is 0.322 e. The highest BCUT2D eigenvalue weighted by molar-refractivity contribution is 6.31. The van der Waals surface area contributed by atoms with Crippen molar-refractivity contribution in [2.45, 2.75) is 80.7 Å². The molecule has 8 rings (SSSR count). The fourth-order valence-electron chi connectivity index (χ4n) is 8.92. The molecule has 0 saturated carbocycles. The van der Waals surface area contributed by atoms with Gasteiger partial charge >= 0.3 is 12.0 Å². The second kappa shape index (κ2) is 9.74. The Hall–Kier alpha value is -3.02. The molecule has 2 aromatic rings. The van der Waals surface area contributed by atoms with Gasteiger partial charge in [-0.25, -0.2) is 9.18 Å². The number of urea groups is 1. The second-order valence-electron chi connectivity index (χ2n) is 13.5. The van der Waals surface area contributed by atoms with Gasteiger partial charge in [-0.1, -0.05) is 23.7 Å².